The first kappa shape index (κ1) is 17.5. The lowest BCUT2D eigenvalue weighted by molar-refractivity contribution is 0.313. The Morgan fingerprint density at radius 3 is 2.75 bits per heavy atom. The first-order valence-corrected chi connectivity index (χ1v) is 8.54. The Balaban J connectivity index is 2.35. The second-order valence-electron chi connectivity index (χ2n) is 5.67. The summed E-state index contributed by atoms with van der Waals surface area (Å²) in [6, 6.07) is 6.23. The van der Waals surface area contributed by atoms with Gasteiger partial charge in [0.25, 0.3) is 0 Å². The average molecular weight is 342 g/mol. The van der Waals surface area contributed by atoms with E-state index in [0.717, 1.165) is 42.3 Å². The van der Waals surface area contributed by atoms with E-state index in [1.54, 1.807) is 0 Å². The average Bonchev–Trinajstić information content (AvgIpc) is 2.41. The third-order valence-electron chi connectivity index (χ3n) is 3.18. The summed E-state index contributed by atoms with van der Waals surface area (Å²) in [6.45, 7) is 9.43. The van der Waals surface area contributed by atoms with Crippen molar-refractivity contribution < 1.29 is 4.74 Å². The molecule has 1 N–H and O–H groups in total. The van der Waals surface area contributed by atoms with Gasteiger partial charge in [-0.25, -0.2) is 0 Å². The van der Waals surface area contributed by atoms with Gasteiger partial charge in [-0.3, -0.25) is 0 Å². The van der Waals surface area contributed by atoms with Gasteiger partial charge in [0, 0.05) is 16.6 Å². The van der Waals surface area contributed by atoms with Gasteiger partial charge < -0.3 is 10.1 Å². The molecule has 0 unspecified atom stereocenters. The molecule has 0 radical (unpaired) electrons. The summed E-state index contributed by atoms with van der Waals surface area (Å²) in [7, 11) is 0. The number of nitrogens with one attached hydrogen (secondary N) is 1. The van der Waals surface area contributed by atoms with Gasteiger partial charge in [-0.2, -0.15) is 0 Å². The van der Waals surface area contributed by atoms with Crippen molar-refractivity contribution >= 4 is 15.9 Å². The highest BCUT2D eigenvalue weighted by molar-refractivity contribution is 9.10. The summed E-state index contributed by atoms with van der Waals surface area (Å²) in [5, 5.41) is 3.52. The SMILES string of the molecule is CCCOc1ccc(Br)cc1CNCCCCC(C)C. The number of halogens is 1. The van der Waals surface area contributed by atoms with Crippen molar-refractivity contribution in [2.24, 2.45) is 5.92 Å². The maximum Gasteiger partial charge on any atom is 0.123 e. The molecular formula is C17H28BrNO. The molecule has 0 aliphatic rings. The lowest BCUT2D eigenvalue weighted by Gasteiger charge is -2.12. The number of hydrogen-bond acceptors (Lipinski definition) is 2. The third-order valence-corrected chi connectivity index (χ3v) is 3.68. The molecule has 0 bridgehead atoms. The zero-order valence-corrected chi connectivity index (χ0v) is 14.6. The number of ether oxygens (including phenoxy) is 1. The highest BCUT2D eigenvalue weighted by atomic mass is 79.9. The van der Waals surface area contributed by atoms with Crippen LogP contribution in [-0.4, -0.2) is 13.2 Å². The molecule has 1 aromatic carbocycles. The Kier molecular flexibility index (Phi) is 8.95. The third kappa shape index (κ3) is 7.30. The van der Waals surface area contributed by atoms with Crippen LogP contribution in [0.1, 0.15) is 52.0 Å². The Hall–Kier alpha value is -0.540. The summed E-state index contributed by atoms with van der Waals surface area (Å²) >= 11 is 3.53. The van der Waals surface area contributed by atoms with Gasteiger partial charge in [-0.15, -0.1) is 0 Å². The predicted octanol–water partition coefficient (Wildman–Crippen LogP) is 5.15. The lowest BCUT2D eigenvalue weighted by atomic mass is 10.1. The molecule has 0 saturated carbocycles. The Labute approximate surface area is 132 Å². The Morgan fingerprint density at radius 2 is 2.05 bits per heavy atom. The Morgan fingerprint density at radius 1 is 1.25 bits per heavy atom. The second-order valence-corrected chi connectivity index (χ2v) is 6.58. The van der Waals surface area contributed by atoms with Crippen LogP contribution in [0, 0.1) is 5.92 Å². The fourth-order valence-electron chi connectivity index (χ4n) is 2.06. The normalized spacial score (nSPS) is 11.1. The van der Waals surface area contributed by atoms with Crippen LogP contribution >= 0.6 is 15.9 Å². The maximum absolute atomic E-state index is 5.79. The van der Waals surface area contributed by atoms with E-state index in [-0.39, 0.29) is 0 Å². The molecule has 1 aromatic rings. The lowest BCUT2D eigenvalue weighted by Crippen LogP contribution is -2.15. The van der Waals surface area contributed by atoms with Gasteiger partial charge in [0.2, 0.25) is 0 Å². The molecule has 114 valence electrons. The largest absolute Gasteiger partial charge is 0.493 e. The second kappa shape index (κ2) is 10.2. The minimum Gasteiger partial charge on any atom is -0.493 e. The van der Waals surface area contributed by atoms with E-state index in [2.05, 4.69) is 54.2 Å². The quantitative estimate of drug-likeness (QED) is 0.594. The first-order chi connectivity index (χ1) is 9.63. The van der Waals surface area contributed by atoms with Gasteiger partial charge in [-0.1, -0.05) is 49.5 Å². The van der Waals surface area contributed by atoms with Crippen LogP contribution in [0.5, 0.6) is 5.75 Å². The summed E-state index contributed by atoms with van der Waals surface area (Å²) < 4.78 is 6.90. The summed E-state index contributed by atoms with van der Waals surface area (Å²) in [4.78, 5) is 0. The van der Waals surface area contributed by atoms with Crippen molar-refractivity contribution in [3.8, 4) is 5.75 Å². The van der Waals surface area contributed by atoms with Crippen LogP contribution in [0.4, 0.5) is 0 Å². The molecule has 3 heteroatoms. The van der Waals surface area contributed by atoms with Gasteiger partial charge in [0.05, 0.1) is 6.61 Å². The van der Waals surface area contributed by atoms with E-state index >= 15 is 0 Å². The van der Waals surface area contributed by atoms with Crippen molar-refractivity contribution in [3.63, 3.8) is 0 Å². The zero-order chi connectivity index (χ0) is 14.8. The number of rotatable bonds is 10. The van der Waals surface area contributed by atoms with E-state index in [1.807, 2.05) is 6.07 Å². The smallest absolute Gasteiger partial charge is 0.123 e. The van der Waals surface area contributed by atoms with E-state index in [4.69, 9.17) is 4.74 Å². The monoisotopic (exact) mass is 341 g/mol. The van der Waals surface area contributed by atoms with Crippen LogP contribution in [0.2, 0.25) is 0 Å². The zero-order valence-electron chi connectivity index (χ0n) is 13.0. The Bertz CT molecular complexity index is 379. The fourth-order valence-corrected chi connectivity index (χ4v) is 2.47. The highest BCUT2D eigenvalue weighted by Crippen LogP contribution is 2.23. The van der Waals surface area contributed by atoms with E-state index < -0.39 is 0 Å². The molecule has 0 fully saturated rings. The van der Waals surface area contributed by atoms with Crippen molar-refractivity contribution in [1.29, 1.82) is 0 Å². The van der Waals surface area contributed by atoms with Crippen LogP contribution in [0.15, 0.2) is 22.7 Å². The van der Waals surface area contributed by atoms with Gasteiger partial charge in [0.15, 0.2) is 0 Å². The maximum atomic E-state index is 5.79. The molecule has 0 aliphatic heterocycles. The first-order valence-electron chi connectivity index (χ1n) is 7.75. The van der Waals surface area contributed by atoms with E-state index in [0.29, 0.717) is 0 Å². The molecule has 0 atom stereocenters. The molecule has 0 heterocycles. The fraction of sp³-hybridized carbons (Fsp3) is 0.647. The van der Waals surface area contributed by atoms with Crippen molar-refractivity contribution in [2.75, 3.05) is 13.2 Å². The minimum absolute atomic E-state index is 0.781. The molecule has 2 nitrogen and oxygen atoms in total. The summed E-state index contributed by atoms with van der Waals surface area (Å²) in [5.41, 5.74) is 1.23. The van der Waals surface area contributed by atoms with Gasteiger partial charge in [0.1, 0.15) is 5.75 Å². The van der Waals surface area contributed by atoms with Gasteiger partial charge in [-0.05, 0) is 43.5 Å². The van der Waals surface area contributed by atoms with Crippen LogP contribution in [0.25, 0.3) is 0 Å². The molecule has 0 aromatic heterocycles. The van der Waals surface area contributed by atoms with Crippen LogP contribution in [0.3, 0.4) is 0 Å². The number of unbranched alkanes of at least 4 members (excludes halogenated alkanes) is 1. The molecule has 20 heavy (non-hydrogen) atoms. The van der Waals surface area contributed by atoms with E-state index in [1.165, 1.54) is 24.8 Å². The molecule has 0 spiro atoms. The minimum atomic E-state index is 0.781. The molecule has 0 aliphatic carbocycles. The van der Waals surface area contributed by atoms with Crippen LogP contribution in [-0.2, 0) is 6.54 Å². The molecule has 1 rings (SSSR count). The standard InChI is InChI=1S/C17H28BrNO/c1-4-11-20-17-9-8-16(18)12-15(17)13-19-10-6-5-7-14(2)3/h8-9,12,14,19H,4-7,10-11,13H2,1-3H3. The van der Waals surface area contributed by atoms with E-state index in [9.17, 15) is 0 Å². The van der Waals surface area contributed by atoms with Crippen LogP contribution < -0.4 is 10.1 Å². The van der Waals surface area contributed by atoms with Crippen molar-refractivity contribution in [3.05, 3.63) is 28.2 Å². The molecule has 0 saturated heterocycles. The topological polar surface area (TPSA) is 21.3 Å². The number of hydrogen-bond donors (Lipinski definition) is 1. The van der Waals surface area contributed by atoms with Crippen molar-refractivity contribution in [1.82, 2.24) is 5.32 Å². The van der Waals surface area contributed by atoms with Gasteiger partial charge >= 0.3 is 0 Å². The highest BCUT2D eigenvalue weighted by Gasteiger charge is 2.04. The summed E-state index contributed by atoms with van der Waals surface area (Å²) in [6.07, 6.45) is 4.92. The molecule has 0 amide bonds. The summed E-state index contributed by atoms with van der Waals surface area (Å²) in [5.74, 6) is 1.82. The molecular weight excluding hydrogens is 314 g/mol. The predicted molar refractivity (Wildman–Crippen MR) is 90.3 cm³/mol. The van der Waals surface area contributed by atoms with Crippen molar-refractivity contribution in [2.45, 2.75) is 53.0 Å². The number of benzene rings is 1.